The van der Waals surface area contributed by atoms with Gasteiger partial charge in [0.25, 0.3) is 0 Å². The lowest BCUT2D eigenvalue weighted by molar-refractivity contribution is -0.157. The molecule has 2 N–H and O–H groups in total. The van der Waals surface area contributed by atoms with Gasteiger partial charge in [-0.3, -0.25) is 4.79 Å². The van der Waals surface area contributed by atoms with E-state index >= 15 is 0 Å². The number of alkyl halides is 3. The summed E-state index contributed by atoms with van der Waals surface area (Å²) in [6.07, 6.45) is -3.18. The molecule has 1 saturated heterocycles. The van der Waals surface area contributed by atoms with Gasteiger partial charge in [-0.15, -0.1) is 0 Å². The average molecular weight is 328 g/mol. The summed E-state index contributed by atoms with van der Waals surface area (Å²) in [5, 5.41) is 5.94. The Morgan fingerprint density at radius 2 is 1.87 bits per heavy atom. The monoisotopic (exact) mass is 328 g/mol. The third kappa shape index (κ3) is 5.23. The number of carbonyl (C=O) groups excluding carboxylic acids is 1. The fourth-order valence-corrected chi connectivity index (χ4v) is 2.88. The van der Waals surface area contributed by atoms with E-state index in [1.807, 2.05) is 0 Å². The number of halogens is 3. The van der Waals surface area contributed by atoms with Crippen LogP contribution in [0.5, 0.6) is 0 Å². The number of hydrogen-bond donors (Lipinski definition) is 2. The maximum Gasteiger partial charge on any atom is 0.396 e. The highest BCUT2D eigenvalue weighted by Gasteiger charge is 2.42. The van der Waals surface area contributed by atoms with Crippen LogP contribution in [-0.2, 0) is 4.79 Å². The fourth-order valence-electron chi connectivity index (χ4n) is 2.88. The first-order chi connectivity index (χ1) is 10.8. The van der Waals surface area contributed by atoms with Crippen molar-refractivity contribution in [3.05, 3.63) is 35.9 Å². The largest absolute Gasteiger partial charge is 0.396 e. The van der Waals surface area contributed by atoms with E-state index in [0.29, 0.717) is 6.54 Å². The molecule has 1 heterocycles. The van der Waals surface area contributed by atoms with Gasteiger partial charge in [0.1, 0.15) is 0 Å². The summed E-state index contributed by atoms with van der Waals surface area (Å²) >= 11 is 0. The van der Waals surface area contributed by atoms with Gasteiger partial charge in [0.15, 0.2) is 0 Å². The molecule has 1 atom stereocenters. The Kier molecular flexibility index (Phi) is 5.68. The fraction of sp³-hybridized carbons (Fsp3) is 0.588. The lowest BCUT2D eigenvalue weighted by Gasteiger charge is -2.34. The second-order valence-corrected chi connectivity index (χ2v) is 6.55. The van der Waals surface area contributed by atoms with Gasteiger partial charge in [0.2, 0.25) is 5.91 Å². The van der Waals surface area contributed by atoms with Crippen molar-refractivity contribution in [2.45, 2.75) is 38.3 Å². The van der Waals surface area contributed by atoms with Gasteiger partial charge in [-0.05, 0) is 36.9 Å². The third-order valence-electron chi connectivity index (χ3n) is 4.51. The van der Waals surface area contributed by atoms with E-state index in [1.165, 1.54) is 12.1 Å². The van der Waals surface area contributed by atoms with Crippen molar-refractivity contribution in [1.29, 1.82) is 0 Å². The van der Waals surface area contributed by atoms with Crippen LogP contribution in [0.25, 0.3) is 0 Å². The van der Waals surface area contributed by atoms with Gasteiger partial charge in [0, 0.05) is 13.0 Å². The predicted molar refractivity (Wildman–Crippen MR) is 83.1 cm³/mol. The molecule has 0 radical (unpaired) electrons. The molecule has 1 amide bonds. The standard InChI is InChI=1S/C17H23F3N2O/c1-16(7-9-21-10-8-16)12-22-15(23)11-14(17(18,19)20)13-5-3-2-4-6-13/h2-6,14,21H,7-12H2,1H3,(H,22,23). The Morgan fingerprint density at radius 3 is 2.43 bits per heavy atom. The summed E-state index contributed by atoms with van der Waals surface area (Å²) in [5.41, 5.74) is 0.0877. The molecule has 1 aromatic rings. The van der Waals surface area contributed by atoms with E-state index in [1.54, 1.807) is 18.2 Å². The van der Waals surface area contributed by atoms with Crippen LogP contribution in [-0.4, -0.2) is 31.7 Å². The van der Waals surface area contributed by atoms with E-state index in [2.05, 4.69) is 17.6 Å². The quantitative estimate of drug-likeness (QED) is 0.871. The van der Waals surface area contributed by atoms with Crippen LogP contribution >= 0.6 is 0 Å². The van der Waals surface area contributed by atoms with Gasteiger partial charge in [-0.1, -0.05) is 37.3 Å². The maximum atomic E-state index is 13.2. The highest BCUT2D eigenvalue weighted by Crippen LogP contribution is 2.37. The Morgan fingerprint density at radius 1 is 1.26 bits per heavy atom. The number of benzene rings is 1. The molecule has 23 heavy (non-hydrogen) atoms. The Labute approximate surface area is 134 Å². The summed E-state index contributed by atoms with van der Waals surface area (Å²) in [6, 6.07) is 7.61. The molecule has 128 valence electrons. The first-order valence-corrected chi connectivity index (χ1v) is 7.89. The Balaban J connectivity index is 1.95. The smallest absolute Gasteiger partial charge is 0.356 e. The molecule has 1 unspecified atom stereocenters. The van der Waals surface area contributed by atoms with Crippen molar-refractivity contribution in [2.24, 2.45) is 5.41 Å². The summed E-state index contributed by atoms with van der Waals surface area (Å²) in [4.78, 5) is 12.0. The normalized spacial score (nSPS) is 19.1. The maximum absolute atomic E-state index is 13.2. The minimum absolute atomic E-state index is 0.0403. The molecule has 1 aromatic carbocycles. The van der Waals surface area contributed by atoms with Crippen LogP contribution in [0.4, 0.5) is 13.2 Å². The van der Waals surface area contributed by atoms with Crippen molar-refractivity contribution in [1.82, 2.24) is 10.6 Å². The van der Waals surface area contributed by atoms with Gasteiger partial charge in [-0.2, -0.15) is 13.2 Å². The molecule has 0 aromatic heterocycles. The molecule has 1 fully saturated rings. The average Bonchev–Trinajstić information content (AvgIpc) is 2.51. The molecule has 1 aliphatic heterocycles. The molecule has 0 saturated carbocycles. The number of piperidine rings is 1. The van der Waals surface area contributed by atoms with Gasteiger partial charge >= 0.3 is 6.18 Å². The zero-order valence-corrected chi connectivity index (χ0v) is 13.2. The topological polar surface area (TPSA) is 41.1 Å². The highest BCUT2D eigenvalue weighted by atomic mass is 19.4. The van der Waals surface area contributed by atoms with Crippen molar-refractivity contribution < 1.29 is 18.0 Å². The molecule has 2 rings (SSSR count). The second kappa shape index (κ2) is 7.34. The number of nitrogens with one attached hydrogen (secondary N) is 2. The van der Waals surface area contributed by atoms with E-state index < -0.39 is 24.4 Å². The van der Waals surface area contributed by atoms with E-state index in [9.17, 15) is 18.0 Å². The summed E-state index contributed by atoms with van der Waals surface area (Å²) in [6.45, 7) is 4.24. The number of hydrogen-bond acceptors (Lipinski definition) is 2. The first kappa shape index (κ1) is 17.8. The van der Waals surface area contributed by atoms with Crippen LogP contribution in [0, 0.1) is 5.41 Å². The Bertz CT molecular complexity index is 510. The molecule has 1 aliphatic rings. The number of amides is 1. The molecule has 3 nitrogen and oxygen atoms in total. The van der Waals surface area contributed by atoms with Crippen LogP contribution in [0.3, 0.4) is 0 Å². The first-order valence-electron chi connectivity index (χ1n) is 7.89. The number of carbonyl (C=O) groups is 1. The van der Waals surface area contributed by atoms with E-state index in [4.69, 9.17) is 0 Å². The summed E-state index contributed by atoms with van der Waals surface area (Å²) in [5.74, 6) is -2.31. The third-order valence-corrected chi connectivity index (χ3v) is 4.51. The molecule has 0 spiro atoms. The van der Waals surface area contributed by atoms with Crippen molar-refractivity contribution >= 4 is 5.91 Å². The van der Waals surface area contributed by atoms with Crippen LogP contribution in [0.1, 0.15) is 37.7 Å². The second-order valence-electron chi connectivity index (χ2n) is 6.55. The van der Waals surface area contributed by atoms with E-state index in [-0.39, 0.29) is 11.0 Å². The minimum atomic E-state index is -4.43. The van der Waals surface area contributed by atoms with Crippen molar-refractivity contribution in [3.8, 4) is 0 Å². The lowest BCUT2D eigenvalue weighted by Crippen LogP contribution is -2.43. The molecule has 0 bridgehead atoms. The SMILES string of the molecule is CC1(CNC(=O)CC(c2ccccc2)C(F)(F)F)CCNCC1. The van der Waals surface area contributed by atoms with Crippen LogP contribution < -0.4 is 10.6 Å². The zero-order chi connectivity index (χ0) is 16.9. The van der Waals surface area contributed by atoms with Crippen LogP contribution in [0.2, 0.25) is 0 Å². The molecule has 0 aliphatic carbocycles. The highest BCUT2D eigenvalue weighted by molar-refractivity contribution is 5.77. The lowest BCUT2D eigenvalue weighted by atomic mass is 9.81. The summed E-state index contributed by atoms with van der Waals surface area (Å²) < 4.78 is 39.7. The molecular formula is C17H23F3N2O. The predicted octanol–water partition coefficient (Wildman–Crippen LogP) is 3.23. The minimum Gasteiger partial charge on any atom is -0.356 e. The zero-order valence-electron chi connectivity index (χ0n) is 13.2. The van der Waals surface area contributed by atoms with Gasteiger partial charge < -0.3 is 10.6 Å². The van der Waals surface area contributed by atoms with Crippen molar-refractivity contribution in [3.63, 3.8) is 0 Å². The summed E-state index contributed by atoms with van der Waals surface area (Å²) in [7, 11) is 0. The Hall–Kier alpha value is -1.56. The van der Waals surface area contributed by atoms with Crippen molar-refractivity contribution in [2.75, 3.05) is 19.6 Å². The van der Waals surface area contributed by atoms with Gasteiger partial charge in [-0.25, -0.2) is 0 Å². The van der Waals surface area contributed by atoms with E-state index in [0.717, 1.165) is 25.9 Å². The van der Waals surface area contributed by atoms with Crippen LogP contribution in [0.15, 0.2) is 30.3 Å². The van der Waals surface area contributed by atoms with Gasteiger partial charge in [0.05, 0.1) is 5.92 Å². The molecule has 6 heteroatoms. The number of rotatable bonds is 5. The molecular weight excluding hydrogens is 305 g/mol.